The first kappa shape index (κ1) is 13.8. The predicted octanol–water partition coefficient (Wildman–Crippen LogP) is 2.52. The molecule has 2 rings (SSSR count). The van der Waals surface area contributed by atoms with Gasteiger partial charge in [-0.1, -0.05) is 6.07 Å². The van der Waals surface area contributed by atoms with Crippen LogP contribution in [0.5, 0.6) is 0 Å². The average molecular weight is 279 g/mol. The van der Waals surface area contributed by atoms with Crippen LogP contribution in [0.4, 0.5) is 0 Å². The van der Waals surface area contributed by atoms with E-state index >= 15 is 0 Å². The molecule has 5 heteroatoms. The van der Waals surface area contributed by atoms with Crippen LogP contribution in [0.3, 0.4) is 0 Å². The van der Waals surface area contributed by atoms with E-state index in [-0.39, 0.29) is 17.9 Å². The minimum Gasteiger partial charge on any atom is -0.481 e. The Kier molecular flexibility index (Phi) is 4.74. The lowest BCUT2D eigenvalue weighted by Gasteiger charge is -2.26. The maximum Gasteiger partial charge on any atom is 0.306 e. The molecular weight excluding hydrogens is 262 g/mol. The van der Waals surface area contributed by atoms with E-state index in [2.05, 4.69) is 5.32 Å². The Morgan fingerprint density at radius 1 is 1.32 bits per heavy atom. The monoisotopic (exact) mass is 279 g/mol. The molecular formula is C14H17NO3S. The SMILES string of the molecule is O=C(/C=C/c1cccs1)NC1CCC(C(=O)O)CC1. The van der Waals surface area contributed by atoms with Gasteiger partial charge in [0, 0.05) is 17.0 Å². The van der Waals surface area contributed by atoms with Crippen molar-refractivity contribution in [3.05, 3.63) is 28.5 Å². The van der Waals surface area contributed by atoms with Gasteiger partial charge in [0.25, 0.3) is 0 Å². The summed E-state index contributed by atoms with van der Waals surface area (Å²) in [5.74, 6) is -1.07. The lowest BCUT2D eigenvalue weighted by atomic mass is 9.86. The Hall–Kier alpha value is -1.62. The second-order valence-electron chi connectivity index (χ2n) is 4.74. The Labute approximate surface area is 116 Å². The van der Waals surface area contributed by atoms with Crippen LogP contribution in [0, 0.1) is 5.92 Å². The molecule has 1 heterocycles. The summed E-state index contributed by atoms with van der Waals surface area (Å²) in [5, 5.41) is 13.8. The van der Waals surface area contributed by atoms with Crippen molar-refractivity contribution >= 4 is 29.3 Å². The van der Waals surface area contributed by atoms with Crippen LogP contribution in [-0.4, -0.2) is 23.0 Å². The zero-order valence-electron chi connectivity index (χ0n) is 10.5. The highest BCUT2D eigenvalue weighted by Crippen LogP contribution is 2.24. The van der Waals surface area contributed by atoms with Gasteiger partial charge >= 0.3 is 5.97 Å². The molecule has 2 N–H and O–H groups in total. The number of amides is 1. The Bertz CT molecular complexity index is 459. The van der Waals surface area contributed by atoms with Crippen molar-refractivity contribution < 1.29 is 14.7 Å². The van der Waals surface area contributed by atoms with Crippen molar-refractivity contribution in [1.82, 2.24) is 5.32 Å². The summed E-state index contributed by atoms with van der Waals surface area (Å²) in [4.78, 5) is 23.6. The van der Waals surface area contributed by atoms with Crippen LogP contribution in [0.1, 0.15) is 30.6 Å². The van der Waals surface area contributed by atoms with Gasteiger partial charge in [0.15, 0.2) is 0 Å². The highest BCUT2D eigenvalue weighted by Gasteiger charge is 2.26. The van der Waals surface area contributed by atoms with Crippen molar-refractivity contribution in [3.8, 4) is 0 Å². The van der Waals surface area contributed by atoms with E-state index in [0.29, 0.717) is 12.8 Å². The number of hydrogen-bond acceptors (Lipinski definition) is 3. The highest BCUT2D eigenvalue weighted by atomic mass is 32.1. The van der Waals surface area contributed by atoms with Crippen LogP contribution in [0.25, 0.3) is 6.08 Å². The molecule has 1 aromatic rings. The van der Waals surface area contributed by atoms with E-state index in [4.69, 9.17) is 5.11 Å². The van der Waals surface area contributed by atoms with Gasteiger partial charge in [0.1, 0.15) is 0 Å². The summed E-state index contributed by atoms with van der Waals surface area (Å²) < 4.78 is 0. The molecule has 1 saturated carbocycles. The first-order valence-electron chi connectivity index (χ1n) is 6.40. The molecule has 102 valence electrons. The summed E-state index contributed by atoms with van der Waals surface area (Å²) in [6.45, 7) is 0. The Morgan fingerprint density at radius 3 is 2.63 bits per heavy atom. The van der Waals surface area contributed by atoms with E-state index in [9.17, 15) is 9.59 Å². The summed E-state index contributed by atoms with van der Waals surface area (Å²) >= 11 is 1.58. The molecule has 0 aromatic carbocycles. The first-order valence-corrected chi connectivity index (χ1v) is 7.28. The zero-order chi connectivity index (χ0) is 13.7. The molecule has 0 atom stereocenters. The number of carbonyl (C=O) groups excluding carboxylic acids is 1. The normalized spacial score (nSPS) is 23.4. The maximum atomic E-state index is 11.7. The zero-order valence-corrected chi connectivity index (χ0v) is 11.4. The Morgan fingerprint density at radius 2 is 2.05 bits per heavy atom. The number of carboxylic acid groups (broad SMARTS) is 1. The fourth-order valence-electron chi connectivity index (χ4n) is 2.28. The van der Waals surface area contributed by atoms with Crippen molar-refractivity contribution in [2.24, 2.45) is 5.92 Å². The summed E-state index contributed by atoms with van der Waals surface area (Å²) in [6.07, 6.45) is 6.12. The van der Waals surface area contributed by atoms with Crippen molar-refractivity contribution in [2.45, 2.75) is 31.7 Å². The highest BCUT2D eigenvalue weighted by molar-refractivity contribution is 7.10. The van der Waals surface area contributed by atoms with Gasteiger partial charge in [-0.05, 0) is 43.2 Å². The third kappa shape index (κ3) is 4.21. The van der Waals surface area contributed by atoms with E-state index in [1.54, 1.807) is 17.4 Å². The minimum atomic E-state index is -0.720. The molecule has 0 spiro atoms. The number of aliphatic carboxylic acids is 1. The number of carbonyl (C=O) groups is 2. The van der Waals surface area contributed by atoms with Crippen LogP contribution in [-0.2, 0) is 9.59 Å². The van der Waals surface area contributed by atoms with Crippen LogP contribution in [0.15, 0.2) is 23.6 Å². The van der Waals surface area contributed by atoms with Crippen LogP contribution in [0.2, 0.25) is 0 Å². The number of thiophene rings is 1. The van der Waals surface area contributed by atoms with Crippen LogP contribution >= 0.6 is 11.3 Å². The molecule has 19 heavy (non-hydrogen) atoms. The summed E-state index contributed by atoms with van der Waals surface area (Å²) in [6, 6.07) is 4.00. The lowest BCUT2D eigenvalue weighted by Crippen LogP contribution is -2.37. The van der Waals surface area contributed by atoms with Gasteiger partial charge in [-0.15, -0.1) is 11.3 Å². The number of rotatable bonds is 4. The molecule has 1 amide bonds. The molecule has 1 aliphatic carbocycles. The second-order valence-corrected chi connectivity index (χ2v) is 5.72. The second kappa shape index (κ2) is 6.52. The number of nitrogens with one attached hydrogen (secondary N) is 1. The molecule has 1 aromatic heterocycles. The topological polar surface area (TPSA) is 66.4 Å². The molecule has 0 unspecified atom stereocenters. The third-order valence-corrected chi connectivity index (χ3v) is 4.20. The largest absolute Gasteiger partial charge is 0.481 e. The number of hydrogen-bond donors (Lipinski definition) is 2. The van der Waals surface area contributed by atoms with Gasteiger partial charge in [-0.25, -0.2) is 0 Å². The first-order chi connectivity index (χ1) is 9.15. The fraction of sp³-hybridized carbons (Fsp3) is 0.429. The molecule has 1 fully saturated rings. The quantitative estimate of drug-likeness (QED) is 0.832. The molecule has 0 bridgehead atoms. The predicted molar refractivity (Wildman–Crippen MR) is 74.9 cm³/mol. The standard InChI is InChI=1S/C14H17NO3S/c16-13(8-7-12-2-1-9-19-12)15-11-5-3-10(4-6-11)14(17)18/h1-2,7-11H,3-6H2,(H,15,16)(H,17,18)/b8-7+. The average Bonchev–Trinajstić information content (AvgIpc) is 2.90. The smallest absolute Gasteiger partial charge is 0.306 e. The molecule has 0 aliphatic heterocycles. The van der Waals surface area contributed by atoms with Crippen molar-refractivity contribution in [3.63, 3.8) is 0 Å². The lowest BCUT2D eigenvalue weighted by molar-refractivity contribution is -0.142. The number of carboxylic acids is 1. The van der Waals surface area contributed by atoms with E-state index in [1.165, 1.54) is 6.08 Å². The van der Waals surface area contributed by atoms with E-state index in [1.807, 2.05) is 17.5 Å². The van der Waals surface area contributed by atoms with Gasteiger partial charge < -0.3 is 10.4 Å². The maximum absolute atomic E-state index is 11.7. The molecule has 0 radical (unpaired) electrons. The van der Waals surface area contributed by atoms with Crippen molar-refractivity contribution in [2.75, 3.05) is 0 Å². The molecule has 1 aliphatic rings. The van der Waals surface area contributed by atoms with Crippen molar-refractivity contribution in [1.29, 1.82) is 0 Å². The minimum absolute atomic E-state index is 0.104. The fourth-order valence-corrected chi connectivity index (χ4v) is 2.90. The third-order valence-electron chi connectivity index (χ3n) is 3.36. The van der Waals surface area contributed by atoms with Gasteiger partial charge in [0.2, 0.25) is 5.91 Å². The molecule has 0 saturated heterocycles. The van der Waals surface area contributed by atoms with E-state index in [0.717, 1.165) is 17.7 Å². The van der Waals surface area contributed by atoms with Crippen LogP contribution < -0.4 is 5.32 Å². The summed E-state index contributed by atoms with van der Waals surface area (Å²) in [7, 11) is 0. The van der Waals surface area contributed by atoms with Gasteiger partial charge in [0.05, 0.1) is 5.92 Å². The van der Waals surface area contributed by atoms with Gasteiger partial charge in [-0.2, -0.15) is 0 Å². The summed E-state index contributed by atoms with van der Waals surface area (Å²) in [5.41, 5.74) is 0. The van der Waals surface area contributed by atoms with Gasteiger partial charge in [-0.3, -0.25) is 9.59 Å². The Balaban J connectivity index is 1.76. The van der Waals surface area contributed by atoms with E-state index < -0.39 is 5.97 Å². The molecule has 4 nitrogen and oxygen atoms in total.